The predicted molar refractivity (Wildman–Crippen MR) is 94.9 cm³/mol. The SMILES string of the molecule is CCCCCCC(COC)OC(=O)c1cccc(CCCC)c1. The van der Waals surface area contributed by atoms with Crippen LogP contribution in [0.4, 0.5) is 0 Å². The molecule has 0 fully saturated rings. The lowest BCUT2D eigenvalue weighted by Gasteiger charge is -2.17. The first-order valence-corrected chi connectivity index (χ1v) is 9.00. The lowest BCUT2D eigenvalue weighted by atomic mass is 10.1. The number of aryl methyl sites for hydroxylation is 1. The summed E-state index contributed by atoms with van der Waals surface area (Å²) in [7, 11) is 1.65. The van der Waals surface area contributed by atoms with Gasteiger partial charge in [0.1, 0.15) is 6.10 Å². The summed E-state index contributed by atoms with van der Waals surface area (Å²) < 4.78 is 10.9. The third kappa shape index (κ3) is 8.17. The number of hydrogen-bond acceptors (Lipinski definition) is 3. The molecule has 3 heteroatoms. The van der Waals surface area contributed by atoms with Gasteiger partial charge in [-0.3, -0.25) is 0 Å². The predicted octanol–water partition coefficient (Wildman–Crippen LogP) is 5.17. The second-order valence-corrected chi connectivity index (χ2v) is 6.14. The van der Waals surface area contributed by atoms with Gasteiger partial charge in [0.2, 0.25) is 0 Å². The number of carbonyl (C=O) groups excluding carboxylic acids is 1. The molecule has 1 rings (SSSR count). The third-order valence-electron chi connectivity index (χ3n) is 3.99. The molecule has 0 heterocycles. The van der Waals surface area contributed by atoms with Gasteiger partial charge in [-0.25, -0.2) is 4.79 Å². The highest BCUT2D eigenvalue weighted by Gasteiger charge is 2.16. The topological polar surface area (TPSA) is 35.5 Å². The van der Waals surface area contributed by atoms with Crippen LogP contribution in [-0.2, 0) is 15.9 Å². The molecule has 1 aromatic rings. The first-order chi connectivity index (χ1) is 11.2. The summed E-state index contributed by atoms with van der Waals surface area (Å²) in [4.78, 5) is 12.4. The Balaban J connectivity index is 2.56. The average Bonchev–Trinajstić information content (AvgIpc) is 2.57. The summed E-state index contributed by atoms with van der Waals surface area (Å²) in [5, 5.41) is 0. The lowest BCUT2D eigenvalue weighted by molar-refractivity contribution is 0.00237. The van der Waals surface area contributed by atoms with Crippen molar-refractivity contribution < 1.29 is 14.3 Å². The quantitative estimate of drug-likeness (QED) is 0.393. The number of carbonyl (C=O) groups is 1. The second-order valence-electron chi connectivity index (χ2n) is 6.14. The highest BCUT2D eigenvalue weighted by atomic mass is 16.6. The number of rotatable bonds is 12. The molecule has 0 saturated carbocycles. The zero-order chi connectivity index (χ0) is 16.9. The van der Waals surface area contributed by atoms with Gasteiger partial charge >= 0.3 is 5.97 Å². The zero-order valence-corrected chi connectivity index (χ0v) is 15.0. The van der Waals surface area contributed by atoms with E-state index in [1.807, 2.05) is 18.2 Å². The zero-order valence-electron chi connectivity index (χ0n) is 15.0. The molecule has 0 N–H and O–H groups in total. The molecule has 0 amide bonds. The maximum absolute atomic E-state index is 12.4. The molecule has 0 radical (unpaired) electrons. The summed E-state index contributed by atoms with van der Waals surface area (Å²) in [5.41, 5.74) is 1.85. The summed E-state index contributed by atoms with van der Waals surface area (Å²) in [6.45, 7) is 4.83. The molecule has 3 nitrogen and oxygen atoms in total. The molecular formula is C20H32O3. The van der Waals surface area contributed by atoms with Gasteiger partial charge in [-0.1, -0.05) is 51.7 Å². The molecule has 0 aliphatic carbocycles. The Morgan fingerprint density at radius 1 is 1.09 bits per heavy atom. The molecule has 1 aromatic carbocycles. The molecule has 0 aromatic heterocycles. The minimum Gasteiger partial charge on any atom is -0.456 e. The third-order valence-corrected chi connectivity index (χ3v) is 3.99. The number of unbranched alkanes of at least 4 members (excludes halogenated alkanes) is 4. The van der Waals surface area contributed by atoms with Gasteiger partial charge in [0.05, 0.1) is 12.2 Å². The molecule has 0 aliphatic rings. The van der Waals surface area contributed by atoms with Gasteiger partial charge in [-0.05, 0) is 43.4 Å². The van der Waals surface area contributed by atoms with Crippen LogP contribution in [0.5, 0.6) is 0 Å². The largest absolute Gasteiger partial charge is 0.456 e. The Kier molecular flexibility index (Phi) is 10.4. The van der Waals surface area contributed by atoms with Crippen molar-refractivity contribution in [2.45, 2.75) is 71.3 Å². The Bertz CT molecular complexity index is 442. The maximum Gasteiger partial charge on any atom is 0.338 e. The Labute approximate surface area is 141 Å². The van der Waals surface area contributed by atoms with E-state index in [0.29, 0.717) is 12.2 Å². The van der Waals surface area contributed by atoms with Crippen molar-refractivity contribution in [2.24, 2.45) is 0 Å². The fraction of sp³-hybridized carbons (Fsp3) is 0.650. The van der Waals surface area contributed by atoms with Crippen LogP contribution in [0.15, 0.2) is 24.3 Å². The van der Waals surface area contributed by atoms with Gasteiger partial charge in [0.15, 0.2) is 0 Å². The van der Waals surface area contributed by atoms with E-state index >= 15 is 0 Å². The van der Waals surface area contributed by atoms with Crippen LogP contribution in [0.25, 0.3) is 0 Å². The van der Waals surface area contributed by atoms with Gasteiger partial charge in [0.25, 0.3) is 0 Å². The van der Waals surface area contributed by atoms with Crippen molar-refractivity contribution in [2.75, 3.05) is 13.7 Å². The van der Waals surface area contributed by atoms with Crippen molar-refractivity contribution in [3.05, 3.63) is 35.4 Å². The molecule has 23 heavy (non-hydrogen) atoms. The number of benzene rings is 1. The van der Waals surface area contributed by atoms with Crippen LogP contribution >= 0.6 is 0 Å². The molecule has 0 saturated heterocycles. The Hall–Kier alpha value is -1.35. The van der Waals surface area contributed by atoms with E-state index < -0.39 is 0 Å². The minimum absolute atomic E-state index is 0.149. The summed E-state index contributed by atoms with van der Waals surface area (Å²) >= 11 is 0. The van der Waals surface area contributed by atoms with Gasteiger partial charge in [-0.15, -0.1) is 0 Å². The summed E-state index contributed by atoms with van der Waals surface area (Å²) in [5.74, 6) is -0.235. The van der Waals surface area contributed by atoms with Gasteiger partial charge < -0.3 is 9.47 Å². The molecular weight excluding hydrogens is 288 g/mol. The van der Waals surface area contributed by atoms with Crippen LogP contribution in [0, 0.1) is 0 Å². The van der Waals surface area contributed by atoms with Crippen molar-refractivity contribution in [1.29, 1.82) is 0 Å². The first kappa shape index (κ1) is 19.7. The number of esters is 1. The fourth-order valence-electron chi connectivity index (χ4n) is 2.62. The molecule has 1 unspecified atom stereocenters. The highest BCUT2D eigenvalue weighted by molar-refractivity contribution is 5.89. The number of hydrogen-bond donors (Lipinski definition) is 0. The van der Waals surface area contributed by atoms with Crippen molar-refractivity contribution in [1.82, 2.24) is 0 Å². The summed E-state index contributed by atoms with van der Waals surface area (Å²) in [6, 6.07) is 7.80. The molecule has 0 bridgehead atoms. The monoisotopic (exact) mass is 320 g/mol. The Morgan fingerprint density at radius 2 is 1.87 bits per heavy atom. The lowest BCUT2D eigenvalue weighted by Crippen LogP contribution is -2.23. The van der Waals surface area contributed by atoms with Crippen molar-refractivity contribution >= 4 is 5.97 Å². The van der Waals surface area contributed by atoms with Crippen molar-refractivity contribution in [3.8, 4) is 0 Å². The van der Waals surface area contributed by atoms with E-state index in [1.54, 1.807) is 7.11 Å². The molecule has 0 aliphatic heterocycles. The number of methoxy groups -OCH3 is 1. The Morgan fingerprint density at radius 3 is 2.57 bits per heavy atom. The molecule has 0 spiro atoms. The van der Waals surface area contributed by atoms with Crippen LogP contribution in [0.2, 0.25) is 0 Å². The van der Waals surface area contributed by atoms with Crippen LogP contribution in [0.3, 0.4) is 0 Å². The van der Waals surface area contributed by atoms with Crippen LogP contribution < -0.4 is 0 Å². The van der Waals surface area contributed by atoms with Crippen LogP contribution in [-0.4, -0.2) is 25.8 Å². The van der Waals surface area contributed by atoms with Crippen molar-refractivity contribution in [3.63, 3.8) is 0 Å². The molecule has 130 valence electrons. The van der Waals surface area contributed by atoms with E-state index in [4.69, 9.17) is 9.47 Å². The van der Waals surface area contributed by atoms with Gasteiger partial charge in [-0.2, -0.15) is 0 Å². The van der Waals surface area contributed by atoms with Gasteiger partial charge in [0, 0.05) is 7.11 Å². The molecule has 1 atom stereocenters. The standard InChI is InChI=1S/C20H32O3/c1-4-6-8-9-14-19(16-22-3)23-20(21)18-13-10-12-17(15-18)11-7-5-2/h10,12-13,15,19H,4-9,11,14,16H2,1-3H3. The normalized spacial score (nSPS) is 12.1. The van der Waals surface area contributed by atoms with E-state index in [-0.39, 0.29) is 12.1 Å². The fourth-order valence-corrected chi connectivity index (χ4v) is 2.62. The maximum atomic E-state index is 12.4. The van der Waals surface area contributed by atoms with E-state index in [1.165, 1.54) is 24.8 Å². The minimum atomic E-state index is -0.235. The highest BCUT2D eigenvalue weighted by Crippen LogP contribution is 2.14. The van der Waals surface area contributed by atoms with E-state index in [2.05, 4.69) is 19.9 Å². The van der Waals surface area contributed by atoms with E-state index in [0.717, 1.165) is 32.1 Å². The average molecular weight is 320 g/mol. The number of ether oxygens (including phenoxy) is 2. The second kappa shape index (κ2) is 12.1. The summed E-state index contributed by atoms with van der Waals surface area (Å²) in [6.07, 6.45) is 8.72. The van der Waals surface area contributed by atoms with E-state index in [9.17, 15) is 4.79 Å². The smallest absolute Gasteiger partial charge is 0.338 e. The first-order valence-electron chi connectivity index (χ1n) is 9.00. The van der Waals surface area contributed by atoms with Crippen LogP contribution in [0.1, 0.15) is 74.7 Å².